The Morgan fingerprint density at radius 3 is 1.93 bits per heavy atom. The summed E-state index contributed by atoms with van der Waals surface area (Å²) in [5.74, 6) is 0.224. The molecule has 7 heteroatoms. The van der Waals surface area contributed by atoms with Crippen LogP contribution in [0.15, 0.2) is 12.1 Å². The van der Waals surface area contributed by atoms with Gasteiger partial charge in [-0.2, -0.15) is 0 Å². The zero-order valence-corrected chi connectivity index (χ0v) is 20.7. The molecule has 2 aliphatic heterocycles. The molecule has 1 aromatic rings. The van der Waals surface area contributed by atoms with E-state index in [9.17, 15) is 9.90 Å². The average Bonchev–Trinajstić information content (AvgIpc) is 2.93. The fourth-order valence-electron chi connectivity index (χ4n) is 3.89. The van der Waals surface area contributed by atoms with E-state index in [0.717, 1.165) is 30.8 Å². The second-order valence-electron chi connectivity index (χ2n) is 10.2. The van der Waals surface area contributed by atoms with Crippen LogP contribution in [0, 0.1) is 0 Å². The molecule has 0 unspecified atom stereocenters. The number of phenols is 1. The van der Waals surface area contributed by atoms with Crippen LogP contribution in [0.2, 0.25) is 5.25 Å². The molecule has 2 fully saturated rings. The Morgan fingerprint density at radius 1 is 1.00 bits per heavy atom. The van der Waals surface area contributed by atoms with Crippen molar-refractivity contribution >= 4 is 20.2 Å². The first kappa shape index (κ1) is 22.6. The predicted molar refractivity (Wildman–Crippen MR) is 114 cm³/mol. The molecule has 2 saturated heterocycles. The van der Waals surface area contributed by atoms with Crippen molar-refractivity contribution in [1.82, 2.24) is 4.90 Å². The molecule has 1 spiro atoms. The number of phenolic OH excluding ortho intramolecular Hbond substituents is 1. The number of benzene rings is 1. The van der Waals surface area contributed by atoms with Crippen molar-refractivity contribution in [3.8, 4) is 5.75 Å². The van der Waals surface area contributed by atoms with Gasteiger partial charge in [-0.1, -0.05) is 0 Å². The third-order valence-corrected chi connectivity index (χ3v) is 11.2. The fourth-order valence-corrected chi connectivity index (χ4v) is 8.84. The first-order chi connectivity index (χ1) is 13.4. The van der Waals surface area contributed by atoms with Crippen molar-refractivity contribution < 1.29 is 21.2 Å². The number of aromatic hydroxyl groups is 1. The minimum absolute atomic E-state index is 0.144. The Morgan fingerprint density at radius 2 is 1.52 bits per heavy atom. The van der Waals surface area contributed by atoms with Gasteiger partial charge >= 0.3 is 178 Å². The van der Waals surface area contributed by atoms with Crippen molar-refractivity contribution in [2.24, 2.45) is 0 Å². The molecule has 3 rings (SSSR count). The maximum atomic E-state index is 11.5. The second-order valence-corrected chi connectivity index (χ2v) is 15.7. The molecule has 0 aliphatic carbocycles. The Kier molecular flexibility index (Phi) is 6.40. The van der Waals surface area contributed by atoms with E-state index in [-0.39, 0.29) is 16.8 Å². The molecular weight excluding hydrogens is 431 g/mol. The molecule has 1 N–H and O–H groups in total. The van der Waals surface area contributed by atoms with Crippen LogP contribution in [-0.4, -0.2) is 56.6 Å². The van der Waals surface area contributed by atoms with Crippen molar-refractivity contribution in [3.05, 3.63) is 28.8 Å². The van der Waals surface area contributed by atoms with Crippen molar-refractivity contribution in [2.75, 3.05) is 26.3 Å². The van der Waals surface area contributed by atoms with E-state index < -0.39 is 14.3 Å². The normalized spacial score (nSPS) is 21.1. The molecule has 2 aliphatic rings. The van der Waals surface area contributed by atoms with Gasteiger partial charge in [0.15, 0.2) is 0 Å². The minimum atomic E-state index is -3.33. The van der Waals surface area contributed by atoms with Gasteiger partial charge in [-0.05, 0) is 0 Å². The van der Waals surface area contributed by atoms with Crippen LogP contribution in [0.4, 0.5) is 0 Å². The van der Waals surface area contributed by atoms with Crippen LogP contribution in [0.5, 0.6) is 5.75 Å². The summed E-state index contributed by atoms with van der Waals surface area (Å²) in [4.78, 5) is 13.8. The van der Waals surface area contributed by atoms with E-state index in [1.165, 1.54) is 5.56 Å². The summed E-state index contributed by atoms with van der Waals surface area (Å²) in [6.07, 6.45) is 0.419. The number of hydrogen-bond donors (Lipinski definition) is 1. The molecule has 0 aromatic heterocycles. The molecule has 0 amide bonds. The van der Waals surface area contributed by atoms with Crippen molar-refractivity contribution in [1.29, 1.82) is 0 Å². The fraction of sp³-hybridized carbons (Fsp3) is 0.682. The number of rotatable bonds is 2. The average molecular weight is 466 g/mol. The molecule has 29 heavy (non-hydrogen) atoms. The summed E-state index contributed by atoms with van der Waals surface area (Å²) < 4.78 is 17.4. The van der Waals surface area contributed by atoms with Crippen molar-refractivity contribution in [2.45, 2.75) is 70.6 Å². The summed E-state index contributed by atoms with van der Waals surface area (Å²) in [5.41, 5.74) is 2.85. The molecule has 1 aromatic carbocycles. The van der Waals surface area contributed by atoms with Crippen LogP contribution in [0.25, 0.3) is 0 Å². The van der Waals surface area contributed by atoms with Crippen LogP contribution >= 0.6 is 0 Å². The van der Waals surface area contributed by atoms with Gasteiger partial charge in [0.05, 0.1) is 0 Å². The van der Waals surface area contributed by atoms with Gasteiger partial charge in [-0.15, -0.1) is 0 Å². The third kappa shape index (κ3) is 5.34. The van der Waals surface area contributed by atoms with E-state index in [2.05, 4.69) is 58.6 Å². The number of carbonyl (C=O) groups excluding carboxylic acids is 1. The second kappa shape index (κ2) is 8.21. The quantitative estimate of drug-likeness (QED) is 0.671. The number of hydrogen-bond acceptors (Lipinski definition) is 6. The first-order valence-corrected chi connectivity index (χ1v) is 14.5. The van der Waals surface area contributed by atoms with Gasteiger partial charge in [0.1, 0.15) is 0 Å². The Labute approximate surface area is 177 Å². The summed E-state index contributed by atoms with van der Waals surface area (Å²) in [7, 11) is 0. The molecule has 6 nitrogen and oxygen atoms in total. The molecule has 0 atom stereocenters. The van der Waals surface area contributed by atoms with E-state index >= 15 is 0 Å². The van der Waals surface area contributed by atoms with Crippen LogP contribution in [0.1, 0.15) is 64.7 Å². The summed E-state index contributed by atoms with van der Waals surface area (Å²) in [5, 5.41) is 11.6. The zero-order valence-electron chi connectivity index (χ0n) is 18.6. The van der Waals surface area contributed by atoms with Gasteiger partial charge < -0.3 is 0 Å². The third-order valence-electron chi connectivity index (χ3n) is 5.56. The van der Waals surface area contributed by atoms with Gasteiger partial charge in [-0.3, -0.25) is 0 Å². The Balaban J connectivity index is 1.77. The van der Waals surface area contributed by atoms with Gasteiger partial charge in [0.25, 0.3) is 0 Å². The van der Waals surface area contributed by atoms with Crippen LogP contribution < -0.4 is 0 Å². The molecular formula is C22H35GeNO5. The Hall–Kier alpha value is -1.09. The number of carbonyl (C=O) groups is 1. The van der Waals surface area contributed by atoms with Crippen LogP contribution in [-0.2, 0) is 33.5 Å². The summed E-state index contributed by atoms with van der Waals surface area (Å²) in [6.45, 7) is 16.1. The van der Waals surface area contributed by atoms with Gasteiger partial charge in [0.2, 0.25) is 0 Å². The first-order valence-electron chi connectivity index (χ1n) is 10.5. The SMILES string of the molecule is CC(C)(C)c1cc(CN2CC[O][Ge]3([CH2]CC(=O)[O]3)[O]CC2)cc(C(C)(C)C)c1O. The summed E-state index contributed by atoms with van der Waals surface area (Å²) >= 11 is -3.33. The van der Waals surface area contributed by atoms with Gasteiger partial charge in [-0.25, -0.2) is 0 Å². The molecule has 2 heterocycles. The van der Waals surface area contributed by atoms with E-state index in [4.69, 9.17) is 11.3 Å². The molecule has 0 radical (unpaired) electrons. The van der Waals surface area contributed by atoms with Crippen molar-refractivity contribution in [3.63, 3.8) is 0 Å². The number of nitrogens with zero attached hydrogens (tertiary/aromatic N) is 1. The molecule has 0 saturated carbocycles. The maximum absolute atomic E-state index is 11.5. The topological polar surface area (TPSA) is 68.2 Å². The monoisotopic (exact) mass is 467 g/mol. The predicted octanol–water partition coefficient (Wildman–Crippen LogP) is 3.72. The van der Waals surface area contributed by atoms with E-state index in [0.29, 0.717) is 30.6 Å². The molecule has 162 valence electrons. The van der Waals surface area contributed by atoms with Crippen LogP contribution in [0.3, 0.4) is 0 Å². The zero-order chi connectivity index (χ0) is 21.4. The van der Waals surface area contributed by atoms with E-state index in [1.54, 1.807) is 0 Å². The Bertz CT molecular complexity index is 720. The summed E-state index contributed by atoms with van der Waals surface area (Å²) in [6, 6.07) is 4.26. The molecule has 0 bridgehead atoms. The van der Waals surface area contributed by atoms with E-state index in [1.807, 2.05) is 0 Å². The standard InChI is InChI=1S/C22H35GeNO5/c1-21(2,3)17-13-16(14-18(20(17)26)22(4,5)6)15-24-9-11-27-23(28-12-10-24)8-7-19(25)29-23/h13-14,26H,7-12,15H2,1-6H3. The van der Waals surface area contributed by atoms with Gasteiger partial charge in [0, 0.05) is 0 Å².